The minimum atomic E-state index is -0.369. The summed E-state index contributed by atoms with van der Waals surface area (Å²) < 4.78 is 13.0. The number of benzene rings is 1. The summed E-state index contributed by atoms with van der Waals surface area (Å²) in [6.07, 6.45) is 0.833. The largest absolute Gasteiger partial charge is 0.329 e. The molecule has 0 bridgehead atoms. The number of likely N-dealkylation sites (N-methyl/N-ethyl adjacent to an activating group) is 1. The third-order valence-corrected chi connectivity index (χ3v) is 3.54. The lowest BCUT2D eigenvalue weighted by Gasteiger charge is -2.34. The Balaban J connectivity index is 2.59. The highest BCUT2D eigenvalue weighted by Gasteiger charge is 2.20. The lowest BCUT2D eigenvalue weighted by atomic mass is 10.0. The van der Waals surface area contributed by atoms with Gasteiger partial charge < -0.3 is 5.73 Å². The Labute approximate surface area is 108 Å². The normalized spacial score (nSPS) is 12.2. The Bertz CT molecular complexity index is 380. The molecule has 2 nitrogen and oxygen atoms in total. The van der Waals surface area contributed by atoms with E-state index in [4.69, 9.17) is 17.3 Å². The molecule has 0 saturated carbocycles. The average molecular weight is 259 g/mol. The van der Waals surface area contributed by atoms with Crippen LogP contribution in [0.5, 0.6) is 0 Å². The highest BCUT2D eigenvalue weighted by Crippen LogP contribution is 2.17. The van der Waals surface area contributed by atoms with Gasteiger partial charge in [-0.05, 0) is 45.0 Å². The van der Waals surface area contributed by atoms with E-state index in [0.29, 0.717) is 6.54 Å². The highest BCUT2D eigenvalue weighted by atomic mass is 35.5. The van der Waals surface area contributed by atoms with E-state index in [1.54, 1.807) is 12.1 Å². The smallest absolute Gasteiger partial charge is 0.141 e. The Hall–Kier alpha value is -0.640. The fourth-order valence-corrected chi connectivity index (χ4v) is 1.65. The zero-order valence-electron chi connectivity index (χ0n) is 10.6. The predicted octanol–water partition coefficient (Wildman–Crippen LogP) is 2.69. The molecule has 1 rings (SSSR count). The number of nitrogens with two attached hydrogens (primary N) is 1. The van der Waals surface area contributed by atoms with Crippen molar-refractivity contribution in [1.82, 2.24) is 4.90 Å². The molecule has 0 amide bonds. The van der Waals surface area contributed by atoms with Crippen molar-refractivity contribution in [3.05, 3.63) is 34.6 Å². The van der Waals surface area contributed by atoms with Gasteiger partial charge in [-0.3, -0.25) is 4.90 Å². The molecular weight excluding hydrogens is 239 g/mol. The minimum absolute atomic E-state index is 0.0240. The summed E-state index contributed by atoms with van der Waals surface area (Å²) in [5, 5.41) is 0.184. The van der Waals surface area contributed by atoms with E-state index >= 15 is 0 Å². The van der Waals surface area contributed by atoms with Crippen LogP contribution in [-0.2, 0) is 6.42 Å². The van der Waals surface area contributed by atoms with Crippen molar-refractivity contribution < 1.29 is 4.39 Å². The summed E-state index contributed by atoms with van der Waals surface area (Å²) in [6, 6.07) is 4.86. The molecule has 0 aliphatic carbocycles. The van der Waals surface area contributed by atoms with Gasteiger partial charge in [-0.2, -0.15) is 0 Å². The van der Waals surface area contributed by atoms with E-state index in [0.717, 1.165) is 18.5 Å². The maximum absolute atomic E-state index is 13.0. The van der Waals surface area contributed by atoms with Crippen LogP contribution < -0.4 is 5.73 Å². The van der Waals surface area contributed by atoms with Gasteiger partial charge in [-0.25, -0.2) is 4.39 Å². The van der Waals surface area contributed by atoms with Gasteiger partial charge in [0.05, 0.1) is 5.02 Å². The molecule has 0 heterocycles. The Morgan fingerprint density at radius 3 is 2.59 bits per heavy atom. The number of hydrogen-bond donors (Lipinski definition) is 1. The Morgan fingerprint density at radius 2 is 2.06 bits per heavy atom. The van der Waals surface area contributed by atoms with Crippen LogP contribution in [0.2, 0.25) is 5.02 Å². The van der Waals surface area contributed by atoms with E-state index < -0.39 is 0 Å². The lowest BCUT2D eigenvalue weighted by molar-refractivity contribution is 0.166. The maximum Gasteiger partial charge on any atom is 0.141 e. The number of hydrogen-bond acceptors (Lipinski definition) is 2. The zero-order chi connectivity index (χ0) is 13.1. The fraction of sp³-hybridized carbons (Fsp3) is 0.538. The van der Waals surface area contributed by atoms with Gasteiger partial charge in [0.1, 0.15) is 5.82 Å². The molecule has 17 heavy (non-hydrogen) atoms. The molecule has 0 atom stereocenters. The van der Waals surface area contributed by atoms with Gasteiger partial charge in [-0.1, -0.05) is 17.7 Å². The fourth-order valence-electron chi connectivity index (χ4n) is 1.45. The minimum Gasteiger partial charge on any atom is -0.329 e. The number of rotatable bonds is 5. The van der Waals surface area contributed by atoms with Gasteiger partial charge in [-0.15, -0.1) is 0 Å². The lowest BCUT2D eigenvalue weighted by Crippen LogP contribution is -2.47. The van der Waals surface area contributed by atoms with E-state index in [-0.39, 0.29) is 16.4 Å². The molecule has 0 aromatic heterocycles. The van der Waals surface area contributed by atoms with Crippen molar-refractivity contribution in [2.45, 2.75) is 25.8 Å². The second kappa shape index (κ2) is 5.80. The molecule has 0 fully saturated rings. The van der Waals surface area contributed by atoms with Crippen LogP contribution >= 0.6 is 11.6 Å². The summed E-state index contributed by atoms with van der Waals surface area (Å²) in [7, 11) is 2.04. The van der Waals surface area contributed by atoms with E-state index in [1.165, 1.54) is 6.07 Å². The Kier molecular flexibility index (Phi) is 4.92. The summed E-state index contributed by atoms with van der Waals surface area (Å²) in [5.74, 6) is -0.369. The van der Waals surface area contributed by atoms with Crippen LogP contribution in [0.1, 0.15) is 19.4 Å². The van der Waals surface area contributed by atoms with Gasteiger partial charge in [0, 0.05) is 18.6 Å². The van der Waals surface area contributed by atoms with Crippen molar-refractivity contribution in [2.75, 3.05) is 20.1 Å². The van der Waals surface area contributed by atoms with Crippen LogP contribution in [0.25, 0.3) is 0 Å². The first-order valence-electron chi connectivity index (χ1n) is 5.72. The third kappa shape index (κ3) is 3.95. The van der Waals surface area contributed by atoms with Gasteiger partial charge >= 0.3 is 0 Å². The van der Waals surface area contributed by atoms with Gasteiger partial charge in [0.2, 0.25) is 0 Å². The molecule has 1 aromatic rings. The zero-order valence-corrected chi connectivity index (χ0v) is 11.4. The molecule has 0 aliphatic rings. The summed E-state index contributed by atoms with van der Waals surface area (Å²) >= 11 is 5.74. The molecule has 1 aromatic carbocycles. The van der Waals surface area contributed by atoms with Crippen LogP contribution in [0.4, 0.5) is 4.39 Å². The monoisotopic (exact) mass is 258 g/mol. The quantitative estimate of drug-likeness (QED) is 0.880. The average Bonchev–Trinajstić information content (AvgIpc) is 2.30. The summed E-state index contributed by atoms with van der Waals surface area (Å²) in [6.45, 7) is 5.68. The summed E-state index contributed by atoms with van der Waals surface area (Å²) in [4.78, 5) is 2.20. The van der Waals surface area contributed by atoms with E-state index in [2.05, 4.69) is 18.7 Å². The molecule has 0 spiro atoms. The highest BCUT2D eigenvalue weighted by molar-refractivity contribution is 6.30. The van der Waals surface area contributed by atoms with Crippen molar-refractivity contribution >= 4 is 11.6 Å². The Morgan fingerprint density at radius 1 is 1.41 bits per heavy atom. The molecule has 0 radical (unpaired) electrons. The number of halogens is 2. The second-order valence-electron chi connectivity index (χ2n) is 4.94. The second-order valence-corrected chi connectivity index (χ2v) is 5.34. The molecule has 0 unspecified atom stereocenters. The molecule has 0 aliphatic heterocycles. The van der Waals surface area contributed by atoms with E-state index in [1.807, 2.05) is 7.05 Å². The molecule has 96 valence electrons. The molecule has 2 N–H and O–H groups in total. The van der Waals surface area contributed by atoms with Crippen LogP contribution in [0, 0.1) is 5.82 Å². The molecule has 4 heteroatoms. The SMILES string of the molecule is CN(CCc1ccc(F)c(Cl)c1)C(C)(C)CN. The first kappa shape index (κ1) is 14.4. The maximum atomic E-state index is 13.0. The van der Waals surface area contributed by atoms with Crippen molar-refractivity contribution in [3.8, 4) is 0 Å². The number of nitrogens with zero attached hydrogens (tertiary/aromatic N) is 1. The first-order valence-corrected chi connectivity index (χ1v) is 6.10. The third-order valence-electron chi connectivity index (χ3n) is 3.25. The standard InChI is InChI=1S/C13H20ClFN2/c1-13(2,9-16)17(3)7-6-10-4-5-12(15)11(14)8-10/h4-5,8H,6-7,9,16H2,1-3H3. The molecular formula is C13H20ClFN2. The predicted molar refractivity (Wildman–Crippen MR) is 70.9 cm³/mol. The summed E-state index contributed by atoms with van der Waals surface area (Å²) in [5.41, 5.74) is 6.72. The van der Waals surface area contributed by atoms with Gasteiger partial charge in [0.15, 0.2) is 0 Å². The molecule has 0 saturated heterocycles. The first-order chi connectivity index (χ1) is 7.86. The van der Waals surface area contributed by atoms with Crippen LogP contribution in [-0.4, -0.2) is 30.6 Å². The van der Waals surface area contributed by atoms with E-state index in [9.17, 15) is 4.39 Å². The van der Waals surface area contributed by atoms with Gasteiger partial charge in [0.25, 0.3) is 0 Å². The van der Waals surface area contributed by atoms with Crippen molar-refractivity contribution in [2.24, 2.45) is 5.73 Å². The topological polar surface area (TPSA) is 29.3 Å². The van der Waals surface area contributed by atoms with Crippen LogP contribution in [0.3, 0.4) is 0 Å². The van der Waals surface area contributed by atoms with Crippen LogP contribution in [0.15, 0.2) is 18.2 Å². The van der Waals surface area contributed by atoms with Crippen molar-refractivity contribution in [3.63, 3.8) is 0 Å². The van der Waals surface area contributed by atoms with Crippen molar-refractivity contribution in [1.29, 1.82) is 0 Å².